The Morgan fingerprint density at radius 3 is 2.00 bits per heavy atom. The number of phenolic OH excluding ortho intramolecular Hbond substituents is 1. The van der Waals surface area contributed by atoms with Gasteiger partial charge in [-0.3, -0.25) is 0 Å². The third kappa shape index (κ3) is 2.49. The largest absolute Gasteiger partial charge is 0.504 e. The van der Waals surface area contributed by atoms with E-state index in [1.807, 2.05) is 0 Å². The zero-order chi connectivity index (χ0) is 12.8. The van der Waals surface area contributed by atoms with Crippen molar-refractivity contribution in [3.05, 3.63) is 17.7 Å². The van der Waals surface area contributed by atoms with E-state index < -0.39 is 26.6 Å². The molecule has 0 bridgehead atoms. The number of methoxy groups -OCH3 is 1. The number of aryl methyl sites for hydroxylation is 1. The van der Waals surface area contributed by atoms with Crippen molar-refractivity contribution in [2.75, 3.05) is 7.11 Å². The van der Waals surface area contributed by atoms with Crippen molar-refractivity contribution in [3.63, 3.8) is 0 Å². The molecule has 0 fully saturated rings. The summed E-state index contributed by atoms with van der Waals surface area (Å²) in [4.78, 5) is -2.08. The molecule has 0 unspecified atom stereocenters. The second-order valence-corrected chi connectivity index (χ2v) is 5.67. The molecular formula is C8H9F5O2S. The highest BCUT2D eigenvalue weighted by atomic mass is 32.5. The van der Waals surface area contributed by atoms with Gasteiger partial charge >= 0.3 is 10.2 Å². The molecule has 1 N–H and O–H groups in total. The zero-order valence-corrected chi connectivity index (χ0v) is 9.12. The molecule has 1 aromatic carbocycles. The van der Waals surface area contributed by atoms with E-state index in [0.717, 1.165) is 14.0 Å². The van der Waals surface area contributed by atoms with E-state index in [4.69, 9.17) is 0 Å². The predicted molar refractivity (Wildman–Crippen MR) is 50.8 cm³/mol. The smallest absolute Gasteiger partial charge is 0.310 e. The molecule has 8 heteroatoms. The second-order valence-electron chi connectivity index (χ2n) is 3.26. The average molecular weight is 264 g/mol. The summed E-state index contributed by atoms with van der Waals surface area (Å²) >= 11 is 0. The number of halogens is 5. The highest BCUT2D eigenvalue weighted by Crippen LogP contribution is 3.02. The van der Waals surface area contributed by atoms with Crippen LogP contribution in [0, 0.1) is 6.92 Å². The van der Waals surface area contributed by atoms with Crippen molar-refractivity contribution < 1.29 is 29.3 Å². The van der Waals surface area contributed by atoms with Crippen LogP contribution in [0.5, 0.6) is 11.5 Å². The fraction of sp³-hybridized carbons (Fsp3) is 0.250. The Labute approximate surface area is 88.4 Å². The first-order valence-corrected chi connectivity index (χ1v) is 5.92. The number of hydrogen-bond acceptors (Lipinski definition) is 2. The highest BCUT2D eigenvalue weighted by molar-refractivity contribution is 8.45. The van der Waals surface area contributed by atoms with Crippen LogP contribution in [0.4, 0.5) is 19.4 Å². The molecule has 1 aromatic rings. The van der Waals surface area contributed by atoms with Gasteiger partial charge in [-0.15, -0.1) is 0 Å². The zero-order valence-electron chi connectivity index (χ0n) is 8.31. The maximum absolute atomic E-state index is 12.4. The molecule has 0 aliphatic heterocycles. The van der Waals surface area contributed by atoms with Crippen LogP contribution in [-0.2, 0) is 0 Å². The summed E-state index contributed by atoms with van der Waals surface area (Å²) in [7, 11) is -8.76. The van der Waals surface area contributed by atoms with Crippen LogP contribution in [0.25, 0.3) is 0 Å². The Kier molecular flexibility index (Phi) is 2.20. The number of phenols is 1. The lowest BCUT2D eigenvalue weighted by Crippen LogP contribution is -2.06. The van der Waals surface area contributed by atoms with Crippen LogP contribution in [0.1, 0.15) is 5.56 Å². The summed E-state index contributed by atoms with van der Waals surface area (Å²) in [5.41, 5.74) is -0.331. The molecule has 0 amide bonds. The van der Waals surface area contributed by atoms with Gasteiger partial charge in [0.1, 0.15) is 4.90 Å². The van der Waals surface area contributed by atoms with Gasteiger partial charge in [-0.05, 0) is 18.6 Å². The van der Waals surface area contributed by atoms with Crippen molar-refractivity contribution >= 4 is 10.2 Å². The van der Waals surface area contributed by atoms with Gasteiger partial charge in [-0.1, -0.05) is 19.4 Å². The van der Waals surface area contributed by atoms with Crippen molar-refractivity contribution in [2.24, 2.45) is 0 Å². The van der Waals surface area contributed by atoms with Gasteiger partial charge in [0.15, 0.2) is 11.5 Å². The number of ether oxygens (including phenoxy) is 1. The molecule has 0 saturated heterocycles. The lowest BCUT2D eigenvalue weighted by Gasteiger charge is -2.40. The van der Waals surface area contributed by atoms with Gasteiger partial charge in [-0.2, -0.15) is 0 Å². The van der Waals surface area contributed by atoms with E-state index in [1.54, 1.807) is 0 Å². The summed E-state index contributed by atoms with van der Waals surface area (Å²) in [6.07, 6.45) is 0. The molecule has 2 nitrogen and oxygen atoms in total. The average Bonchev–Trinajstić information content (AvgIpc) is 2.05. The summed E-state index contributed by atoms with van der Waals surface area (Å²) in [5.74, 6) is -1.23. The van der Waals surface area contributed by atoms with E-state index >= 15 is 0 Å². The Morgan fingerprint density at radius 1 is 1.12 bits per heavy atom. The highest BCUT2D eigenvalue weighted by Gasteiger charge is 2.65. The fourth-order valence-electron chi connectivity index (χ4n) is 1.09. The number of rotatable bonds is 2. The summed E-state index contributed by atoms with van der Waals surface area (Å²) in [5, 5.41) is 9.23. The van der Waals surface area contributed by atoms with Crippen LogP contribution < -0.4 is 4.74 Å². The topological polar surface area (TPSA) is 29.5 Å². The first-order valence-electron chi connectivity index (χ1n) is 3.97. The lowest BCUT2D eigenvalue weighted by atomic mass is 10.2. The van der Waals surface area contributed by atoms with E-state index in [0.29, 0.717) is 0 Å². The Balaban J connectivity index is 3.58. The van der Waals surface area contributed by atoms with Gasteiger partial charge < -0.3 is 9.84 Å². The molecular weight excluding hydrogens is 255 g/mol. The van der Waals surface area contributed by atoms with Crippen molar-refractivity contribution in [2.45, 2.75) is 11.8 Å². The van der Waals surface area contributed by atoms with E-state index in [9.17, 15) is 24.5 Å². The van der Waals surface area contributed by atoms with Gasteiger partial charge in [0.2, 0.25) is 0 Å². The van der Waals surface area contributed by atoms with E-state index in [1.165, 1.54) is 0 Å². The molecule has 0 radical (unpaired) electrons. The van der Waals surface area contributed by atoms with Crippen molar-refractivity contribution in [1.82, 2.24) is 0 Å². The predicted octanol–water partition coefficient (Wildman–Crippen LogP) is 4.37. The minimum atomic E-state index is -9.73. The third-order valence-electron chi connectivity index (χ3n) is 1.90. The Morgan fingerprint density at radius 2 is 1.62 bits per heavy atom. The van der Waals surface area contributed by atoms with Crippen molar-refractivity contribution in [1.29, 1.82) is 0 Å². The van der Waals surface area contributed by atoms with Crippen LogP contribution in [-0.4, -0.2) is 12.2 Å². The SMILES string of the molecule is COc1cc(S(F)(F)(F)(F)F)cc(C)c1O. The Hall–Kier alpha value is -1.18. The molecule has 1 rings (SSSR count). The number of hydrogen-bond donors (Lipinski definition) is 1. The number of benzene rings is 1. The first-order chi connectivity index (χ1) is 6.85. The maximum atomic E-state index is 12.4. The summed E-state index contributed by atoms with van der Waals surface area (Å²) in [6.45, 7) is 1.07. The van der Waals surface area contributed by atoms with Crippen LogP contribution in [0.15, 0.2) is 17.0 Å². The molecule has 0 spiro atoms. The molecule has 0 aliphatic rings. The van der Waals surface area contributed by atoms with Gasteiger partial charge in [-0.25, -0.2) is 0 Å². The second kappa shape index (κ2) is 2.73. The summed E-state index contributed by atoms with van der Waals surface area (Å²) in [6, 6.07) is 0.281. The Bertz CT molecular complexity index is 439. The quantitative estimate of drug-likeness (QED) is 0.804. The van der Waals surface area contributed by atoms with Crippen LogP contribution in [0.2, 0.25) is 0 Å². The molecule has 0 aliphatic carbocycles. The number of aromatic hydroxyl groups is 1. The van der Waals surface area contributed by atoms with Gasteiger partial charge in [0, 0.05) is 6.07 Å². The molecule has 0 atom stereocenters. The molecule has 0 saturated carbocycles. The normalized spacial score (nSPS) is 16.4. The third-order valence-corrected chi connectivity index (χ3v) is 3.03. The van der Waals surface area contributed by atoms with Crippen molar-refractivity contribution in [3.8, 4) is 11.5 Å². The monoisotopic (exact) mass is 264 g/mol. The van der Waals surface area contributed by atoms with E-state index in [2.05, 4.69) is 4.74 Å². The van der Waals surface area contributed by atoms with Gasteiger partial charge in [0.25, 0.3) is 0 Å². The standard InChI is InChI=1S/C8H9F5O2S/c1-5-3-6(16(9,10,11,12)13)4-7(15-2)8(5)14/h3-4,14H,1-2H3. The molecule has 16 heavy (non-hydrogen) atoms. The molecule has 0 heterocycles. The van der Waals surface area contributed by atoms with E-state index in [-0.39, 0.29) is 17.7 Å². The first kappa shape index (κ1) is 12.9. The minimum absolute atomic E-state index is 0.0872. The molecule has 0 aromatic heterocycles. The van der Waals surface area contributed by atoms with Gasteiger partial charge in [0.05, 0.1) is 7.11 Å². The van der Waals surface area contributed by atoms with Crippen LogP contribution >= 0.6 is 10.2 Å². The molecule has 94 valence electrons. The maximum Gasteiger partial charge on any atom is 0.310 e. The summed E-state index contributed by atoms with van der Waals surface area (Å²) < 4.78 is 66.6. The fourth-order valence-corrected chi connectivity index (χ4v) is 1.82. The lowest BCUT2D eigenvalue weighted by molar-refractivity contribution is 0.354. The minimum Gasteiger partial charge on any atom is -0.504 e. The van der Waals surface area contributed by atoms with Crippen LogP contribution in [0.3, 0.4) is 0 Å².